The fraction of sp³-hybridized carbons (Fsp3) is 0.100. The number of hydrogen-bond acceptors (Lipinski definition) is 3. The molecule has 1 aromatic heterocycles. The Morgan fingerprint density at radius 2 is 1.70 bits per heavy atom. The molecule has 1 heterocycles. The zero-order chi connectivity index (χ0) is 16.1. The SMILES string of the molecule is Cc1cccnc1-c1ccccc1OCC(=O)c1ccccc1. The van der Waals surface area contributed by atoms with E-state index in [1.54, 1.807) is 18.3 Å². The van der Waals surface area contributed by atoms with E-state index in [9.17, 15) is 4.79 Å². The zero-order valence-corrected chi connectivity index (χ0v) is 12.9. The molecule has 0 unspecified atom stereocenters. The Kier molecular flexibility index (Phi) is 4.48. The highest BCUT2D eigenvalue weighted by Gasteiger charge is 2.11. The van der Waals surface area contributed by atoms with Crippen molar-refractivity contribution in [2.24, 2.45) is 0 Å². The van der Waals surface area contributed by atoms with Crippen molar-refractivity contribution >= 4 is 5.78 Å². The maximum atomic E-state index is 12.2. The summed E-state index contributed by atoms with van der Waals surface area (Å²) in [7, 11) is 0. The molecule has 0 N–H and O–H groups in total. The molecule has 0 aliphatic heterocycles. The molecule has 3 aromatic rings. The zero-order valence-electron chi connectivity index (χ0n) is 12.9. The smallest absolute Gasteiger partial charge is 0.200 e. The number of ether oxygens (including phenoxy) is 1. The van der Waals surface area contributed by atoms with Crippen molar-refractivity contribution in [3.05, 3.63) is 84.1 Å². The molecule has 3 nitrogen and oxygen atoms in total. The first-order valence-corrected chi connectivity index (χ1v) is 7.48. The van der Waals surface area contributed by atoms with Gasteiger partial charge in [0.05, 0.1) is 5.69 Å². The van der Waals surface area contributed by atoms with Crippen LogP contribution in [-0.4, -0.2) is 17.4 Å². The molecule has 0 saturated carbocycles. The van der Waals surface area contributed by atoms with Crippen molar-refractivity contribution in [3.8, 4) is 17.0 Å². The van der Waals surface area contributed by atoms with Gasteiger partial charge < -0.3 is 4.74 Å². The third-order valence-corrected chi connectivity index (χ3v) is 3.61. The van der Waals surface area contributed by atoms with Gasteiger partial charge in [0.25, 0.3) is 0 Å². The van der Waals surface area contributed by atoms with Gasteiger partial charge in [-0.05, 0) is 30.7 Å². The van der Waals surface area contributed by atoms with E-state index in [2.05, 4.69) is 4.98 Å². The van der Waals surface area contributed by atoms with Gasteiger partial charge in [-0.15, -0.1) is 0 Å². The van der Waals surface area contributed by atoms with Crippen LogP contribution in [0.5, 0.6) is 5.75 Å². The number of benzene rings is 2. The molecule has 0 amide bonds. The second kappa shape index (κ2) is 6.88. The molecule has 0 bridgehead atoms. The van der Waals surface area contributed by atoms with E-state index in [1.807, 2.05) is 61.5 Å². The number of aryl methyl sites for hydroxylation is 1. The Hall–Kier alpha value is -2.94. The number of rotatable bonds is 5. The summed E-state index contributed by atoms with van der Waals surface area (Å²) >= 11 is 0. The van der Waals surface area contributed by atoms with Crippen LogP contribution in [0.15, 0.2) is 72.9 Å². The number of hydrogen-bond donors (Lipinski definition) is 0. The number of Topliss-reactive ketones (excluding diaryl/α,β-unsaturated/α-hetero) is 1. The van der Waals surface area contributed by atoms with Gasteiger partial charge in [-0.2, -0.15) is 0 Å². The van der Waals surface area contributed by atoms with Gasteiger partial charge in [0.2, 0.25) is 0 Å². The topological polar surface area (TPSA) is 39.2 Å². The molecule has 0 spiro atoms. The van der Waals surface area contributed by atoms with Gasteiger partial charge in [-0.1, -0.05) is 48.5 Å². The number of para-hydroxylation sites is 1. The molecular formula is C20H17NO2. The van der Waals surface area contributed by atoms with Crippen LogP contribution in [0.1, 0.15) is 15.9 Å². The van der Waals surface area contributed by atoms with Crippen molar-refractivity contribution in [2.45, 2.75) is 6.92 Å². The normalized spacial score (nSPS) is 10.3. The van der Waals surface area contributed by atoms with Crippen molar-refractivity contribution in [3.63, 3.8) is 0 Å². The first kappa shape index (κ1) is 15.0. The molecular weight excluding hydrogens is 286 g/mol. The quantitative estimate of drug-likeness (QED) is 0.659. The van der Waals surface area contributed by atoms with Crippen LogP contribution in [0, 0.1) is 6.92 Å². The van der Waals surface area contributed by atoms with Crippen LogP contribution in [0.25, 0.3) is 11.3 Å². The number of pyridine rings is 1. The van der Waals surface area contributed by atoms with Crippen molar-refractivity contribution in [2.75, 3.05) is 6.61 Å². The minimum Gasteiger partial charge on any atom is -0.485 e. The van der Waals surface area contributed by atoms with E-state index in [4.69, 9.17) is 4.74 Å². The van der Waals surface area contributed by atoms with E-state index in [0.29, 0.717) is 11.3 Å². The fourth-order valence-corrected chi connectivity index (χ4v) is 2.41. The Bertz CT molecular complexity index is 813. The summed E-state index contributed by atoms with van der Waals surface area (Å²) in [6.45, 7) is 2.02. The van der Waals surface area contributed by atoms with E-state index < -0.39 is 0 Å². The average Bonchev–Trinajstić information content (AvgIpc) is 2.61. The van der Waals surface area contributed by atoms with E-state index >= 15 is 0 Å². The molecule has 0 aliphatic carbocycles. The van der Waals surface area contributed by atoms with Crippen LogP contribution >= 0.6 is 0 Å². The average molecular weight is 303 g/mol. The molecule has 0 aliphatic rings. The van der Waals surface area contributed by atoms with Gasteiger partial charge in [0, 0.05) is 17.3 Å². The Morgan fingerprint density at radius 1 is 0.957 bits per heavy atom. The number of carbonyl (C=O) groups excluding carboxylic acids is 1. The molecule has 0 radical (unpaired) electrons. The molecule has 0 fully saturated rings. The van der Waals surface area contributed by atoms with Crippen LogP contribution in [0.4, 0.5) is 0 Å². The summed E-state index contributed by atoms with van der Waals surface area (Å²) in [5, 5.41) is 0. The van der Waals surface area contributed by atoms with Gasteiger partial charge in [0.1, 0.15) is 5.75 Å². The molecule has 0 saturated heterocycles. The standard InChI is InChI=1S/C20H17NO2/c1-15-8-7-13-21-20(15)17-11-5-6-12-19(17)23-14-18(22)16-9-3-2-4-10-16/h2-13H,14H2,1H3. The summed E-state index contributed by atoms with van der Waals surface area (Å²) in [5.74, 6) is 0.622. The predicted molar refractivity (Wildman–Crippen MR) is 90.7 cm³/mol. The molecule has 2 aromatic carbocycles. The number of aromatic nitrogens is 1. The van der Waals surface area contributed by atoms with Gasteiger partial charge in [-0.3, -0.25) is 9.78 Å². The van der Waals surface area contributed by atoms with E-state index in [0.717, 1.165) is 16.8 Å². The maximum absolute atomic E-state index is 12.2. The Balaban J connectivity index is 1.82. The first-order valence-electron chi connectivity index (χ1n) is 7.48. The van der Waals surface area contributed by atoms with Gasteiger partial charge in [-0.25, -0.2) is 0 Å². The summed E-state index contributed by atoms with van der Waals surface area (Å²) in [5.41, 5.74) is 3.48. The van der Waals surface area contributed by atoms with Crippen molar-refractivity contribution in [1.82, 2.24) is 4.98 Å². The third kappa shape index (κ3) is 3.46. The molecule has 3 rings (SSSR count). The van der Waals surface area contributed by atoms with Crippen LogP contribution in [-0.2, 0) is 0 Å². The summed E-state index contributed by atoms with van der Waals surface area (Å²) in [6, 6.07) is 20.7. The Labute approximate surface area is 135 Å². The minimum atomic E-state index is -0.0434. The van der Waals surface area contributed by atoms with Gasteiger partial charge in [0.15, 0.2) is 12.4 Å². The van der Waals surface area contributed by atoms with E-state index in [1.165, 1.54) is 0 Å². The van der Waals surface area contributed by atoms with E-state index in [-0.39, 0.29) is 12.4 Å². The molecule has 3 heteroatoms. The summed E-state index contributed by atoms with van der Waals surface area (Å²) in [6.07, 6.45) is 1.76. The lowest BCUT2D eigenvalue weighted by Gasteiger charge is -2.12. The highest BCUT2D eigenvalue weighted by molar-refractivity contribution is 5.97. The minimum absolute atomic E-state index is 0.00685. The fourth-order valence-electron chi connectivity index (χ4n) is 2.41. The van der Waals surface area contributed by atoms with Crippen molar-refractivity contribution < 1.29 is 9.53 Å². The molecule has 23 heavy (non-hydrogen) atoms. The number of ketones is 1. The molecule has 0 atom stereocenters. The van der Waals surface area contributed by atoms with Crippen LogP contribution < -0.4 is 4.74 Å². The number of carbonyl (C=O) groups is 1. The third-order valence-electron chi connectivity index (χ3n) is 3.61. The van der Waals surface area contributed by atoms with Crippen LogP contribution in [0.3, 0.4) is 0 Å². The largest absolute Gasteiger partial charge is 0.485 e. The first-order chi connectivity index (χ1) is 11.3. The summed E-state index contributed by atoms with van der Waals surface area (Å²) < 4.78 is 5.77. The maximum Gasteiger partial charge on any atom is 0.200 e. The highest BCUT2D eigenvalue weighted by atomic mass is 16.5. The monoisotopic (exact) mass is 303 g/mol. The molecule has 114 valence electrons. The summed E-state index contributed by atoms with van der Waals surface area (Å²) in [4.78, 5) is 16.6. The van der Waals surface area contributed by atoms with Gasteiger partial charge >= 0.3 is 0 Å². The van der Waals surface area contributed by atoms with Crippen molar-refractivity contribution in [1.29, 1.82) is 0 Å². The number of nitrogens with zero attached hydrogens (tertiary/aromatic N) is 1. The Morgan fingerprint density at radius 3 is 2.48 bits per heavy atom. The lowest BCUT2D eigenvalue weighted by molar-refractivity contribution is 0.0922. The van der Waals surface area contributed by atoms with Crippen LogP contribution in [0.2, 0.25) is 0 Å². The highest BCUT2D eigenvalue weighted by Crippen LogP contribution is 2.30. The predicted octanol–water partition coefficient (Wildman–Crippen LogP) is 4.32. The lowest BCUT2D eigenvalue weighted by atomic mass is 10.1. The second-order valence-corrected chi connectivity index (χ2v) is 5.24. The lowest BCUT2D eigenvalue weighted by Crippen LogP contribution is -2.12. The second-order valence-electron chi connectivity index (χ2n) is 5.24.